The van der Waals surface area contributed by atoms with E-state index in [2.05, 4.69) is 0 Å². The van der Waals surface area contributed by atoms with Gasteiger partial charge >= 0.3 is 0 Å². The van der Waals surface area contributed by atoms with Crippen LogP contribution < -0.4 is 9.47 Å². The van der Waals surface area contributed by atoms with Crippen molar-refractivity contribution in [2.24, 2.45) is 0 Å². The first kappa shape index (κ1) is 24.9. The van der Waals surface area contributed by atoms with E-state index < -0.39 is 0 Å². The van der Waals surface area contributed by atoms with E-state index in [-0.39, 0.29) is 17.7 Å². The highest BCUT2D eigenvalue weighted by Gasteiger charge is 2.35. The van der Waals surface area contributed by atoms with Gasteiger partial charge in [0, 0.05) is 0 Å². The smallest absolute Gasteiger partial charge is 0.293 e. The molecule has 4 aromatic rings. The van der Waals surface area contributed by atoms with Crippen molar-refractivity contribution >= 4 is 51.4 Å². The Kier molecular flexibility index (Phi) is 7.22. The molecule has 7 heteroatoms. The Labute approximate surface area is 224 Å². The minimum atomic E-state index is -0.335. The highest BCUT2D eigenvalue weighted by molar-refractivity contribution is 8.18. The van der Waals surface area contributed by atoms with E-state index in [4.69, 9.17) is 21.1 Å². The number of methoxy groups -OCH3 is 1. The highest BCUT2D eigenvalue weighted by Crippen LogP contribution is 2.40. The van der Waals surface area contributed by atoms with E-state index in [1.54, 1.807) is 18.2 Å². The van der Waals surface area contributed by atoms with Crippen molar-refractivity contribution in [3.8, 4) is 11.5 Å². The summed E-state index contributed by atoms with van der Waals surface area (Å²) in [5.41, 5.74) is 3.72. The Hall–Kier alpha value is -3.74. The van der Waals surface area contributed by atoms with Crippen LogP contribution in [0.3, 0.4) is 0 Å². The molecular weight excluding hydrogens is 506 g/mol. The first-order valence-electron chi connectivity index (χ1n) is 11.7. The lowest BCUT2D eigenvalue weighted by Crippen LogP contribution is -2.27. The van der Waals surface area contributed by atoms with Crippen LogP contribution in [0, 0.1) is 6.92 Å². The van der Waals surface area contributed by atoms with Gasteiger partial charge in [0.25, 0.3) is 11.1 Å². The molecule has 1 aliphatic rings. The number of benzene rings is 4. The van der Waals surface area contributed by atoms with Gasteiger partial charge in [-0.15, -0.1) is 0 Å². The molecule has 4 aromatic carbocycles. The molecule has 0 spiro atoms. The Morgan fingerprint density at radius 2 is 1.76 bits per heavy atom. The van der Waals surface area contributed by atoms with Crippen LogP contribution in [0.25, 0.3) is 16.8 Å². The molecule has 37 heavy (non-hydrogen) atoms. The van der Waals surface area contributed by atoms with Gasteiger partial charge in [0.2, 0.25) is 0 Å². The Balaban J connectivity index is 1.37. The number of nitrogens with zero attached hydrogens (tertiary/aromatic N) is 1. The number of thioether (sulfide) groups is 1. The zero-order chi connectivity index (χ0) is 25.9. The van der Waals surface area contributed by atoms with Gasteiger partial charge in [-0.25, -0.2) is 0 Å². The van der Waals surface area contributed by atoms with Gasteiger partial charge in [0.05, 0.1) is 23.6 Å². The van der Waals surface area contributed by atoms with Crippen molar-refractivity contribution in [3.05, 3.63) is 111 Å². The Bertz CT molecular complexity index is 1540. The maximum Gasteiger partial charge on any atom is 0.293 e. The molecule has 0 bridgehead atoms. The van der Waals surface area contributed by atoms with Gasteiger partial charge < -0.3 is 9.47 Å². The largest absolute Gasteiger partial charge is 0.493 e. The summed E-state index contributed by atoms with van der Waals surface area (Å²) < 4.78 is 11.5. The average Bonchev–Trinajstić information content (AvgIpc) is 3.15. The van der Waals surface area contributed by atoms with Crippen LogP contribution in [0.5, 0.6) is 11.5 Å². The van der Waals surface area contributed by atoms with E-state index in [0.29, 0.717) is 33.6 Å². The summed E-state index contributed by atoms with van der Waals surface area (Å²) in [7, 11) is 1.53. The Morgan fingerprint density at radius 3 is 2.57 bits per heavy atom. The third kappa shape index (κ3) is 5.36. The summed E-state index contributed by atoms with van der Waals surface area (Å²) in [6.45, 7) is 2.57. The van der Waals surface area contributed by atoms with Crippen molar-refractivity contribution in [2.45, 2.75) is 20.1 Å². The first-order chi connectivity index (χ1) is 17.9. The van der Waals surface area contributed by atoms with Gasteiger partial charge in [0.15, 0.2) is 11.5 Å². The van der Waals surface area contributed by atoms with Crippen molar-refractivity contribution in [3.63, 3.8) is 0 Å². The second kappa shape index (κ2) is 10.7. The summed E-state index contributed by atoms with van der Waals surface area (Å²) in [5.74, 6) is 0.533. The predicted octanol–water partition coefficient (Wildman–Crippen LogP) is 7.63. The zero-order valence-corrected chi connectivity index (χ0v) is 21.9. The van der Waals surface area contributed by atoms with E-state index in [1.807, 2.05) is 73.7 Å². The number of aryl methyl sites for hydroxylation is 1. The molecule has 1 saturated heterocycles. The number of ether oxygens (including phenoxy) is 2. The lowest BCUT2D eigenvalue weighted by atomic mass is 10.0. The van der Waals surface area contributed by atoms with Crippen LogP contribution in [-0.4, -0.2) is 23.2 Å². The Morgan fingerprint density at radius 1 is 0.973 bits per heavy atom. The molecule has 0 radical (unpaired) electrons. The molecule has 0 N–H and O–H groups in total. The monoisotopic (exact) mass is 529 g/mol. The lowest BCUT2D eigenvalue weighted by molar-refractivity contribution is -0.123. The fourth-order valence-electron chi connectivity index (χ4n) is 4.31. The quantitative estimate of drug-likeness (QED) is 0.230. The van der Waals surface area contributed by atoms with E-state index >= 15 is 0 Å². The molecule has 0 aromatic heterocycles. The first-order valence-corrected chi connectivity index (χ1v) is 12.9. The van der Waals surface area contributed by atoms with Crippen LogP contribution >= 0.6 is 23.4 Å². The molecule has 2 amide bonds. The summed E-state index contributed by atoms with van der Waals surface area (Å²) >= 11 is 7.47. The number of rotatable bonds is 7. The standard InChI is InChI=1S/C30H24ClNO4S/c1-19-7-5-8-20(13-19)18-36-28-25(31)14-21(15-26(28)35-2)16-27-29(33)32(30(34)37-27)17-23-11-6-10-22-9-3-4-12-24(22)23/h3-16H,17-18H2,1-2H3/b27-16+. The van der Waals surface area contributed by atoms with E-state index in [0.717, 1.165) is 39.2 Å². The lowest BCUT2D eigenvalue weighted by Gasteiger charge is -2.15. The van der Waals surface area contributed by atoms with Crippen LogP contribution in [0.2, 0.25) is 5.02 Å². The number of hydrogen-bond donors (Lipinski definition) is 0. The molecule has 0 unspecified atom stereocenters. The van der Waals surface area contributed by atoms with Gasteiger partial charge in [-0.1, -0.05) is 83.9 Å². The number of imide groups is 1. The van der Waals surface area contributed by atoms with Crippen LogP contribution in [0.4, 0.5) is 4.79 Å². The maximum absolute atomic E-state index is 13.2. The molecule has 1 fully saturated rings. The second-order valence-corrected chi connectivity index (χ2v) is 10.1. The van der Waals surface area contributed by atoms with Crippen molar-refractivity contribution in [2.75, 3.05) is 7.11 Å². The number of carbonyl (C=O) groups excluding carboxylic acids is 2. The normalized spacial score (nSPS) is 14.6. The van der Waals surface area contributed by atoms with Gasteiger partial charge in [-0.05, 0) is 64.4 Å². The predicted molar refractivity (Wildman–Crippen MR) is 149 cm³/mol. The molecule has 5 nitrogen and oxygen atoms in total. The van der Waals surface area contributed by atoms with E-state index in [9.17, 15) is 9.59 Å². The molecular formula is C30H24ClNO4S. The van der Waals surface area contributed by atoms with Crippen LogP contribution in [-0.2, 0) is 17.9 Å². The summed E-state index contributed by atoms with van der Waals surface area (Å²) in [5, 5.41) is 2.13. The topological polar surface area (TPSA) is 55.8 Å². The number of carbonyl (C=O) groups is 2. The van der Waals surface area contributed by atoms with Crippen molar-refractivity contribution < 1.29 is 19.1 Å². The molecule has 0 saturated carbocycles. The average molecular weight is 530 g/mol. The van der Waals surface area contributed by atoms with E-state index in [1.165, 1.54) is 12.0 Å². The van der Waals surface area contributed by atoms with Gasteiger partial charge in [-0.2, -0.15) is 0 Å². The van der Waals surface area contributed by atoms with Crippen molar-refractivity contribution in [1.29, 1.82) is 0 Å². The highest BCUT2D eigenvalue weighted by atomic mass is 35.5. The second-order valence-electron chi connectivity index (χ2n) is 8.72. The fraction of sp³-hybridized carbons (Fsp3) is 0.133. The minimum Gasteiger partial charge on any atom is -0.493 e. The molecule has 1 aliphatic heterocycles. The number of halogens is 1. The van der Waals surface area contributed by atoms with Gasteiger partial charge in [-0.3, -0.25) is 14.5 Å². The van der Waals surface area contributed by atoms with Gasteiger partial charge in [0.1, 0.15) is 6.61 Å². The number of amides is 2. The van der Waals surface area contributed by atoms with Crippen LogP contribution in [0.1, 0.15) is 22.3 Å². The number of hydrogen-bond acceptors (Lipinski definition) is 5. The third-order valence-electron chi connectivity index (χ3n) is 6.10. The third-order valence-corrected chi connectivity index (χ3v) is 7.29. The summed E-state index contributed by atoms with van der Waals surface area (Å²) in [4.78, 5) is 27.6. The zero-order valence-electron chi connectivity index (χ0n) is 20.4. The molecule has 0 atom stereocenters. The summed E-state index contributed by atoms with van der Waals surface area (Å²) in [6, 6.07) is 25.3. The molecule has 5 rings (SSSR count). The molecule has 186 valence electrons. The number of fused-ring (bicyclic) bond motifs is 1. The molecule has 0 aliphatic carbocycles. The van der Waals surface area contributed by atoms with Crippen molar-refractivity contribution in [1.82, 2.24) is 4.90 Å². The maximum atomic E-state index is 13.2. The minimum absolute atomic E-state index is 0.208. The van der Waals surface area contributed by atoms with Crippen LogP contribution in [0.15, 0.2) is 83.8 Å². The fourth-order valence-corrected chi connectivity index (χ4v) is 5.42. The SMILES string of the molecule is COc1cc(/C=C2/SC(=O)N(Cc3cccc4ccccc34)C2=O)cc(Cl)c1OCc1cccc(C)c1. The summed E-state index contributed by atoms with van der Waals surface area (Å²) in [6.07, 6.45) is 1.66. The molecule has 1 heterocycles.